The van der Waals surface area contributed by atoms with Crippen LogP contribution in [0.3, 0.4) is 0 Å². The number of hydrogen-bond donors (Lipinski definition) is 0. The van der Waals surface area contributed by atoms with Crippen molar-refractivity contribution in [3.8, 4) is 5.75 Å². The highest BCUT2D eigenvalue weighted by atomic mass is 16.5. The summed E-state index contributed by atoms with van der Waals surface area (Å²) in [5, 5.41) is 1.13. The van der Waals surface area contributed by atoms with Gasteiger partial charge in [0.2, 0.25) is 0 Å². The lowest BCUT2D eigenvalue weighted by Gasteiger charge is -2.38. The van der Waals surface area contributed by atoms with Gasteiger partial charge in [0.05, 0.1) is 29.8 Å². The molecular weight excluding hydrogens is 436 g/mol. The Morgan fingerprint density at radius 1 is 1.03 bits per heavy atom. The molecule has 35 heavy (non-hydrogen) atoms. The molecule has 1 saturated carbocycles. The summed E-state index contributed by atoms with van der Waals surface area (Å²) in [5.41, 5.74) is 2.53. The number of pyridine rings is 1. The van der Waals surface area contributed by atoms with Gasteiger partial charge in [-0.25, -0.2) is 0 Å². The van der Waals surface area contributed by atoms with E-state index in [0.29, 0.717) is 18.1 Å². The van der Waals surface area contributed by atoms with Gasteiger partial charge in [-0.05, 0) is 93.6 Å². The van der Waals surface area contributed by atoms with Gasteiger partial charge in [-0.15, -0.1) is 0 Å². The van der Waals surface area contributed by atoms with Crippen molar-refractivity contribution in [2.45, 2.75) is 91.7 Å². The lowest BCUT2D eigenvalue weighted by atomic mass is 9.69. The molecule has 1 aliphatic carbocycles. The number of fused-ring (bicyclic) bond motifs is 1. The molecular formula is C30H44N2O3. The second-order valence-electron chi connectivity index (χ2n) is 11.3. The Labute approximate surface area is 211 Å². The van der Waals surface area contributed by atoms with E-state index >= 15 is 0 Å². The van der Waals surface area contributed by atoms with Gasteiger partial charge in [-0.2, -0.15) is 0 Å². The standard InChI is InChI=1S/C30H44N2O3/c1-5-19-34-29(33)22-15-17-32(18-16-22)21-25-10-7-23-20-27(13-14-28(23)31-25)35-26-11-8-24(9-12-26)30(3,4)6-2/h7,10,13-14,20,22,24,26H,5-6,8-9,11-12,15-19,21H2,1-4H3. The van der Waals surface area contributed by atoms with Crippen molar-refractivity contribution in [2.75, 3.05) is 19.7 Å². The third-order valence-electron chi connectivity index (χ3n) is 8.47. The predicted molar refractivity (Wildman–Crippen MR) is 141 cm³/mol. The molecule has 0 N–H and O–H groups in total. The number of carbonyl (C=O) groups is 1. The minimum absolute atomic E-state index is 0.0220. The number of rotatable bonds is 9. The topological polar surface area (TPSA) is 51.7 Å². The third-order valence-corrected chi connectivity index (χ3v) is 8.47. The number of hydrogen-bond acceptors (Lipinski definition) is 5. The number of esters is 1. The van der Waals surface area contributed by atoms with Crippen LogP contribution >= 0.6 is 0 Å². The first-order valence-corrected chi connectivity index (χ1v) is 13.8. The minimum Gasteiger partial charge on any atom is -0.490 e. The third kappa shape index (κ3) is 6.75. The average Bonchev–Trinajstić information content (AvgIpc) is 2.88. The van der Waals surface area contributed by atoms with Crippen molar-refractivity contribution in [1.29, 1.82) is 0 Å². The summed E-state index contributed by atoms with van der Waals surface area (Å²) in [6.45, 7) is 12.3. The molecule has 0 amide bonds. The summed E-state index contributed by atoms with van der Waals surface area (Å²) >= 11 is 0. The quantitative estimate of drug-likeness (QED) is 0.371. The number of benzene rings is 1. The van der Waals surface area contributed by atoms with Crippen LogP contribution in [0.25, 0.3) is 10.9 Å². The molecule has 5 nitrogen and oxygen atoms in total. The average molecular weight is 481 g/mol. The first kappa shape index (κ1) is 25.9. The van der Waals surface area contributed by atoms with Crippen molar-refractivity contribution in [3.63, 3.8) is 0 Å². The Morgan fingerprint density at radius 3 is 2.46 bits per heavy atom. The number of piperidine rings is 1. The van der Waals surface area contributed by atoms with Crippen LogP contribution in [0.2, 0.25) is 0 Å². The number of nitrogens with zero attached hydrogens (tertiary/aromatic N) is 2. The van der Waals surface area contributed by atoms with Gasteiger partial charge < -0.3 is 9.47 Å². The van der Waals surface area contributed by atoms with Gasteiger partial charge in [-0.3, -0.25) is 14.7 Å². The molecule has 2 heterocycles. The van der Waals surface area contributed by atoms with E-state index in [0.717, 1.165) is 80.0 Å². The second-order valence-corrected chi connectivity index (χ2v) is 11.3. The van der Waals surface area contributed by atoms with Crippen molar-refractivity contribution in [1.82, 2.24) is 9.88 Å². The van der Waals surface area contributed by atoms with E-state index in [4.69, 9.17) is 14.5 Å². The summed E-state index contributed by atoms with van der Waals surface area (Å²) in [7, 11) is 0. The van der Waals surface area contributed by atoms with E-state index < -0.39 is 0 Å². The van der Waals surface area contributed by atoms with Gasteiger partial charge >= 0.3 is 5.97 Å². The van der Waals surface area contributed by atoms with E-state index in [2.05, 4.69) is 56.0 Å². The number of likely N-dealkylation sites (tertiary alicyclic amines) is 1. The van der Waals surface area contributed by atoms with Gasteiger partial charge in [-0.1, -0.05) is 40.2 Å². The van der Waals surface area contributed by atoms with Crippen molar-refractivity contribution >= 4 is 16.9 Å². The Bertz CT molecular complexity index is 973. The molecule has 0 bridgehead atoms. The van der Waals surface area contributed by atoms with Gasteiger partial charge in [0, 0.05) is 11.9 Å². The first-order valence-electron chi connectivity index (χ1n) is 13.8. The highest BCUT2D eigenvalue weighted by molar-refractivity contribution is 5.80. The van der Waals surface area contributed by atoms with E-state index in [9.17, 15) is 4.79 Å². The largest absolute Gasteiger partial charge is 0.490 e. The zero-order chi connectivity index (χ0) is 24.8. The molecule has 4 rings (SSSR count). The van der Waals surface area contributed by atoms with Crippen LogP contribution in [0.1, 0.15) is 84.8 Å². The lowest BCUT2D eigenvalue weighted by molar-refractivity contribution is -0.150. The monoisotopic (exact) mass is 480 g/mol. The maximum Gasteiger partial charge on any atom is 0.309 e. The lowest BCUT2D eigenvalue weighted by Crippen LogP contribution is -2.36. The highest BCUT2D eigenvalue weighted by Crippen LogP contribution is 2.41. The molecule has 1 aliphatic heterocycles. The summed E-state index contributed by atoms with van der Waals surface area (Å²) in [6, 6.07) is 10.6. The SMILES string of the molecule is CCCOC(=O)C1CCN(Cc2ccc3cc(OC4CCC(C(C)(C)CC)CC4)ccc3n2)CC1. The van der Waals surface area contributed by atoms with E-state index in [1.807, 2.05) is 6.92 Å². The van der Waals surface area contributed by atoms with Gasteiger partial charge in [0.1, 0.15) is 5.75 Å². The Balaban J connectivity index is 1.28. The molecule has 192 valence electrons. The summed E-state index contributed by atoms with van der Waals surface area (Å²) < 4.78 is 11.7. The fourth-order valence-electron chi connectivity index (χ4n) is 5.63. The number of carbonyl (C=O) groups excluding carboxylic acids is 1. The second kappa shape index (κ2) is 11.7. The van der Waals surface area contributed by atoms with Crippen LogP contribution < -0.4 is 4.74 Å². The predicted octanol–water partition coefficient (Wildman–Crippen LogP) is 6.77. The Kier molecular flexibility index (Phi) is 8.69. The van der Waals surface area contributed by atoms with Crippen LogP contribution in [0.15, 0.2) is 30.3 Å². The fraction of sp³-hybridized carbons (Fsp3) is 0.667. The first-order chi connectivity index (χ1) is 16.9. The molecule has 0 spiro atoms. The van der Waals surface area contributed by atoms with Crippen molar-refractivity contribution in [3.05, 3.63) is 36.0 Å². The minimum atomic E-state index is -0.0220. The Hall–Kier alpha value is -2.14. The van der Waals surface area contributed by atoms with E-state index in [-0.39, 0.29) is 11.9 Å². The molecule has 0 unspecified atom stereocenters. The molecule has 1 aromatic carbocycles. The maximum absolute atomic E-state index is 12.1. The molecule has 2 fully saturated rings. The van der Waals surface area contributed by atoms with Crippen molar-refractivity contribution in [2.24, 2.45) is 17.3 Å². The van der Waals surface area contributed by atoms with Gasteiger partial charge in [0.15, 0.2) is 0 Å². The zero-order valence-electron chi connectivity index (χ0n) is 22.2. The molecule has 0 atom stereocenters. The highest BCUT2D eigenvalue weighted by Gasteiger charge is 2.32. The molecule has 1 aromatic heterocycles. The molecule has 1 saturated heterocycles. The number of ether oxygens (including phenoxy) is 2. The van der Waals surface area contributed by atoms with E-state index in [1.54, 1.807) is 0 Å². The van der Waals surface area contributed by atoms with E-state index in [1.165, 1.54) is 19.3 Å². The van der Waals surface area contributed by atoms with Crippen LogP contribution in [0.4, 0.5) is 0 Å². The molecule has 2 aliphatic rings. The summed E-state index contributed by atoms with van der Waals surface area (Å²) in [5.74, 6) is 1.80. The maximum atomic E-state index is 12.1. The van der Waals surface area contributed by atoms with Crippen LogP contribution in [0, 0.1) is 17.3 Å². The summed E-state index contributed by atoms with van der Waals surface area (Å²) in [4.78, 5) is 19.4. The number of aromatic nitrogens is 1. The zero-order valence-corrected chi connectivity index (χ0v) is 22.2. The van der Waals surface area contributed by atoms with Crippen LogP contribution in [-0.2, 0) is 16.1 Å². The molecule has 0 radical (unpaired) electrons. The molecule has 5 heteroatoms. The van der Waals surface area contributed by atoms with Gasteiger partial charge in [0.25, 0.3) is 0 Å². The van der Waals surface area contributed by atoms with Crippen LogP contribution in [-0.4, -0.2) is 41.7 Å². The normalized spacial score (nSPS) is 22.3. The smallest absolute Gasteiger partial charge is 0.309 e. The van der Waals surface area contributed by atoms with Crippen molar-refractivity contribution < 1.29 is 14.3 Å². The summed E-state index contributed by atoms with van der Waals surface area (Å²) in [6.07, 6.45) is 9.02. The van der Waals surface area contributed by atoms with Crippen LogP contribution in [0.5, 0.6) is 5.75 Å². The molecule has 2 aromatic rings. The Morgan fingerprint density at radius 2 is 1.77 bits per heavy atom. The fourth-order valence-corrected chi connectivity index (χ4v) is 5.63.